The molecule has 1 heterocycles. The molecule has 0 fully saturated rings. The molecule has 0 aromatic heterocycles. The van der Waals surface area contributed by atoms with Crippen LogP contribution in [0, 0.1) is 0 Å². The number of aliphatic imine (C=N–C) groups is 1. The number of guanidine groups is 1. The maximum Gasteiger partial charge on any atom is 0.223 e. The van der Waals surface area contributed by atoms with Crippen LogP contribution in [0.3, 0.4) is 0 Å². The van der Waals surface area contributed by atoms with E-state index in [0.717, 1.165) is 38.6 Å². The van der Waals surface area contributed by atoms with E-state index in [9.17, 15) is 4.79 Å². The van der Waals surface area contributed by atoms with E-state index in [0.29, 0.717) is 12.3 Å². The molecular weight excluding hydrogens is 475 g/mol. The minimum absolute atomic E-state index is 0. The monoisotopic (exact) mass is 506 g/mol. The molecule has 29 heavy (non-hydrogen) atoms. The number of benzene rings is 2. The van der Waals surface area contributed by atoms with Crippen molar-refractivity contribution in [3.8, 4) is 0 Å². The Hall–Kier alpha value is -2.09. The number of hydrogen-bond acceptors (Lipinski definition) is 2. The highest BCUT2D eigenvalue weighted by atomic mass is 127. The average Bonchev–Trinajstić information content (AvgIpc) is 3.18. The van der Waals surface area contributed by atoms with Crippen LogP contribution in [-0.2, 0) is 17.9 Å². The predicted molar refractivity (Wildman–Crippen MR) is 130 cm³/mol. The van der Waals surface area contributed by atoms with Crippen molar-refractivity contribution in [3.05, 3.63) is 71.3 Å². The summed E-state index contributed by atoms with van der Waals surface area (Å²) in [6.45, 7) is 5.22. The van der Waals surface area contributed by atoms with Gasteiger partial charge in [-0.1, -0.05) is 61.5 Å². The van der Waals surface area contributed by atoms with Gasteiger partial charge in [-0.2, -0.15) is 0 Å². The minimum Gasteiger partial charge on any atom is -0.356 e. The van der Waals surface area contributed by atoms with Gasteiger partial charge < -0.3 is 15.5 Å². The molecule has 156 valence electrons. The Bertz CT molecular complexity index is 785. The fourth-order valence-corrected chi connectivity index (χ4v) is 3.48. The highest BCUT2D eigenvalue weighted by Crippen LogP contribution is 2.22. The molecule has 1 amide bonds. The molecule has 6 heteroatoms. The van der Waals surface area contributed by atoms with Crippen molar-refractivity contribution in [2.24, 2.45) is 4.99 Å². The van der Waals surface area contributed by atoms with Crippen molar-refractivity contribution in [3.63, 3.8) is 0 Å². The largest absolute Gasteiger partial charge is 0.356 e. The van der Waals surface area contributed by atoms with Crippen molar-refractivity contribution in [1.29, 1.82) is 0 Å². The van der Waals surface area contributed by atoms with Gasteiger partial charge in [0.15, 0.2) is 5.96 Å². The van der Waals surface area contributed by atoms with E-state index in [2.05, 4.69) is 58.9 Å². The molecule has 2 aromatic carbocycles. The molecule has 0 saturated heterocycles. The van der Waals surface area contributed by atoms with Gasteiger partial charge in [0.05, 0.1) is 0 Å². The van der Waals surface area contributed by atoms with E-state index >= 15 is 0 Å². The molecule has 0 bridgehead atoms. The van der Waals surface area contributed by atoms with Crippen LogP contribution < -0.4 is 10.6 Å². The van der Waals surface area contributed by atoms with E-state index in [4.69, 9.17) is 0 Å². The third-order valence-electron chi connectivity index (χ3n) is 5.22. The summed E-state index contributed by atoms with van der Waals surface area (Å²) in [6.07, 6.45) is 1.35. The van der Waals surface area contributed by atoms with Crippen LogP contribution in [0.2, 0.25) is 0 Å². The molecule has 0 saturated carbocycles. The van der Waals surface area contributed by atoms with Crippen LogP contribution in [0.1, 0.15) is 42.4 Å². The molecule has 0 spiro atoms. The number of fused-ring (bicyclic) bond motifs is 1. The summed E-state index contributed by atoms with van der Waals surface area (Å²) < 4.78 is 0. The summed E-state index contributed by atoms with van der Waals surface area (Å²) in [5.41, 5.74) is 3.85. The van der Waals surface area contributed by atoms with Crippen LogP contribution >= 0.6 is 24.0 Å². The Morgan fingerprint density at radius 1 is 1.03 bits per heavy atom. The number of nitrogens with one attached hydrogen (secondary N) is 2. The second-order valence-electron chi connectivity index (χ2n) is 7.31. The van der Waals surface area contributed by atoms with Gasteiger partial charge in [0.25, 0.3) is 0 Å². The number of carbonyl (C=O) groups excluding carboxylic acids is 1. The minimum atomic E-state index is 0. The smallest absolute Gasteiger partial charge is 0.223 e. The fraction of sp³-hybridized carbons (Fsp3) is 0.391. The molecule has 2 N–H and O–H groups in total. The van der Waals surface area contributed by atoms with Crippen LogP contribution in [0.25, 0.3) is 0 Å². The van der Waals surface area contributed by atoms with Gasteiger partial charge in [0.2, 0.25) is 5.91 Å². The molecule has 1 aliphatic heterocycles. The number of amides is 1. The number of halogens is 1. The lowest BCUT2D eigenvalue weighted by Crippen LogP contribution is -2.39. The normalized spacial score (nSPS) is 14.0. The lowest BCUT2D eigenvalue weighted by atomic mass is 10.0. The first-order valence-corrected chi connectivity index (χ1v) is 10.0. The topological polar surface area (TPSA) is 56.7 Å². The number of nitrogens with zero attached hydrogens (tertiary/aromatic N) is 2. The zero-order chi connectivity index (χ0) is 19.8. The van der Waals surface area contributed by atoms with E-state index in [-0.39, 0.29) is 29.9 Å². The zero-order valence-electron chi connectivity index (χ0n) is 17.2. The zero-order valence-corrected chi connectivity index (χ0v) is 19.6. The molecular formula is C23H31IN4O. The van der Waals surface area contributed by atoms with Crippen LogP contribution in [-0.4, -0.2) is 36.9 Å². The van der Waals surface area contributed by atoms with Crippen LogP contribution in [0.15, 0.2) is 59.6 Å². The molecule has 1 aliphatic rings. The summed E-state index contributed by atoms with van der Waals surface area (Å²) in [4.78, 5) is 18.7. The van der Waals surface area contributed by atoms with Gasteiger partial charge in [-0.25, -0.2) is 0 Å². The molecule has 5 nitrogen and oxygen atoms in total. The average molecular weight is 506 g/mol. The maximum absolute atomic E-state index is 12.5. The maximum atomic E-state index is 12.5. The molecule has 1 unspecified atom stereocenters. The Morgan fingerprint density at radius 3 is 2.28 bits per heavy atom. The van der Waals surface area contributed by atoms with Crippen molar-refractivity contribution < 1.29 is 4.79 Å². The van der Waals surface area contributed by atoms with Crippen molar-refractivity contribution in [1.82, 2.24) is 15.5 Å². The van der Waals surface area contributed by atoms with Crippen LogP contribution in [0.4, 0.5) is 0 Å². The first kappa shape index (κ1) is 23.2. The van der Waals surface area contributed by atoms with Crippen molar-refractivity contribution >= 4 is 35.8 Å². The highest BCUT2D eigenvalue weighted by molar-refractivity contribution is 14.0. The van der Waals surface area contributed by atoms with Gasteiger partial charge in [-0.15, -0.1) is 24.0 Å². The van der Waals surface area contributed by atoms with Crippen molar-refractivity contribution in [2.45, 2.75) is 38.8 Å². The van der Waals surface area contributed by atoms with Gasteiger partial charge in [-0.3, -0.25) is 9.79 Å². The van der Waals surface area contributed by atoms with E-state index in [1.165, 1.54) is 16.7 Å². The Balaban J connectivity index is 0.00000300. The number of carbonyl (C=O) groups is 1. The molecule has 0 aliphatic carbocycles. The third-order valence-corrected chi connectivity index (χ3v) is 5.22. The summed E-state index contributed by atoms with van der Waals surface area (Å²) in [5, 5.41) is 6.67. The Labute approximate surface area is 191 Å². The van der Waals surface area contributed by atoms with E-state index < -0.39 is 0 Å². The van der Waals surface area contributed by atoms with Gasteiger partial charge in [-0.05, 0) is 29.0 Å². The first-order chi connectivity index (χ1) is 13.7. The lowest BCUT2D eigenvalue weighted by Gasteiger charge is -2.17. The third kappa shape index (κ3) is 6.73. The standard InChI is InChI=1S/C23H30N4O.HI/c1-18(19-9-4-3-5-10-19)15-26-23(24-2)25-14-8-13-22(28)27-16-20-11-6-7-12-21(20)17-27;/h3-7,9-12,18H,8,13-17H2,1-2H3,(H2,24,25,26);1H. The predicted octanol–water partition coefficient (Wildman–Crippen LogP) is 3.90. The van der Waals surface area contributed by atoms with E-state index in [1.54, 1.807) is 7.05 Å². The second-order valence-corrected chi connectivity index (χ2v) is 7.31. The molecule has 0 radical (unpaired) electrons. The van der Waals surface area contributed by atoms with Gasteiger partial charge in [0.1, 0.15) is 0 Å². The fourth-order valence-electron chi connectivity index (χ4n) is 3.48. The lowest BCUT2D eigenvalue weighted by molar-refractivity contribution is -0.131. The first-order valence-electron chi connectivity index (χ1n) is 10.0. The summed E-state index contributed by atoms with van der Waals surface area (Å²) in [5.74, 6) is 1.40. The molecule has 3 rings (SSSR count). The van der Waals surface area contributed by atoms with Gasteiger partial charge >= 0.3 is 0 Å². The Kier molecular flexibility index (Phi) is 9.44. The van der Waals surface area contributed by atoms with Gasteiger partial charge in [0, 0.05) is 39.6 Å². The SMILES string of the molecule is CN=C(NCCCC(=O)N1Cc2ccccc2C1)NCC(C)c1ccccc1.I. The summed E-state index contributed by atoms with van der Waals surface area (Å²) in [7, 11) is 1.77. The summed E-state index contributed by atoms with van der Waals surface area (Å²) >= 11 is 0. The molecule has 1 atom stereocenters. The Morgan fingerprint density at radius 2 is 1.66 bits per heavy atom. The van der Waals surface area contributed by atoms with Crippen LogP contribution in [0.5, 0.6) is 0 Å². The summed E-state index contributed by atoms with van der Waals surface area (Å²) in [6, 6.07) is 18.7. The highest BCUT2D eigenvalue weighted by Gasteiger charge is 2.22. The quantitative estimate of drug-likeness (QED) is 0.259. The number of hydrogen-bond donors (Lipinski definition) is 2. The second kappa shape index (κ2) is 11.8. The van der Waals surface area contributed by atoms with E-state index in [1.807, 2.05) is 23.1 Å². The van der Waals surface area contributed by atoms with Crippen molar-refractivity contribution in [2.75, 3.05) is 20.1 Å². The number of rotatable bonds is 7. The molecule has 2 aromatic rings.